The summed E-state index contributed by atoms with van der Waals surface area (Å²) in [6, 6.07) is 10.4. The van der Waals surface area contributed by atoms with E-state index < -0.39 is 10.0 Å². The first-order valence-electron chi connectivity index (χ1n) is 7.25. The van der Waals surface area contributed by atoms with Crippen molar-refractivity contribution >= 4 is 31.6 Å². The van der Waals surface area contributed by atoms with Crippen molar-refractivity contribution in [2.75, 3.05) is 13.7 Å². The van der Waals surface area contributed by atoms with Crippen molar-refractivity contribution in [1.82, 2.24) is 14.1 Å². The molecule has 3 rings (SSSR count). The number of nitrogens with one attached hydrogen (secondary N) is 1. The molecule has 0 radical (unpaired) electrons. The fraction of sp³-hybridized carbons (Fsp3) is 0.188. The van der Waals surface area contributed by atoms with E-state index in [0.29, 0.717) is 16.6 Å². The molecule has 24 heavy (non-hydrogen) atoms. The topological polar surface area (TPSA) is 72.7 Å². The molecule has 0 unspecified atom stereocenters. The molecule has 0 amide bonds. The molecule has 0 aliphatic rings. The van der Waals surface area contributed by atoms with Crippen molar-refractivity contribution in [3.05, 3.63) is 59.0 Å². The second kappa shape index (κ2) is 6.92. The van der Waals surface area contributed by atoms with E-state index in [-0.39, 0.29) is 11.4 Å². The van der Waals surface area contributed by atoms with Crippen LogP contribution in [0.25, 0.3) is 5.65 Å². The molecular formula is C16H16BrN3O3S. The number of methoxy groups -OCH3 is 1. The molecule has 3 aromatic rings. The average molecular weight is 410 g/mol. The number of fused-ring (bicyclic) bond motifs is 1. The Morgan fingerprint density at radius 1 is 1.29 bits per heavy atom. The number of pyridine rings is 1. The van der Waals surface area contributed by atoms with Crippen molar-refractivity contribution in [2.24, 2.45) is 0 Å². The fourth-order valence-corrected chi connectivity index (χ4v) is 4.07. The van der Waals surface area contributed by atoms with Crippen molar-refractivity contribution in [1.29, 1.82) is 0 Å². The number of ether oxygens (including phenoxy) is 1. The molecule has 2 heterocycles. The number of halogens is 1. The van der Waals surface area contributed by atoms with E-state index in [1.807, 2.05) is 35.0 Å². The predicted molar refractivity (Wildman–Crippen MR) is 94.8 cm³/mol. The zero-order valence-corrected chi connectivity index (χ0v) is 15.3. The molecular weight excluding hydrogens is 394 g/mol. The predicted octanol–water partition coefficient (Wildman–Crippen LogP) is 2.63. The van der Waals surface area contributed by atoms with Gasteiger partial charge in [-0.05, 0) is 46.3 Å². The van der Waals surface area contributed by atoms with Gasteiger partial charge in [0.15, 0.2) is 0 Å². The number of nitrogens with zero attached hydrogens (tertiary/aromatic N) is 2. The van der Waals surface area contributed by atoms with Crippen LogP contribution in [-0.4, -0.2) is 31.5 Å². The van der Waals surface area contributed by atoms with Crippen molar-refractivity contribution in [2.45, 2.75) is 11.3 Å². The minimum absolute atomic E-state index is 0.185. The molecule has 0 spiro atoms. The third-order valence-corrected chi connectivity index (χ3v) is 5.60. The minimum Gasteiger partial charge on any atom is -0.496 e. The molecule has 0 aliphatic heterocycles. The number of rotatable bonds is 6. The first kappa shape index (κ1) is 16.9. The fourth-order valence-electron chi connectivity index (χ4n) is 2.32. The second-order valence-corrected chi connectivity index (χ2v) is 7.76. The summed E-state index contributed by atoms with van der Waals surface area (Å²) >= 11 is 3.29. The summed E-state index contributed by atoms with van der Waals surface area (Å²) in [6.07, 6.45) is 4.32. The molecule has 0 saturated heterocycles. The molecule has 0 aliphatic carbocycles. The quantitative estimate of drug-likeness (QED) is 0.678. The Bertz CT molecular complexity index is 937. The van der Waals surface area contributed by atoms with Crippen LogP contribution in [0.1, 0.15) is 5.69 Å². The second-order valence-electron chi connectivity index (χ2n) is 5.14. The van der Waals surface area contributed by atoms with Gasteiger partial charge in [0.05, 0.1) is 22.2 Å². The minimum atomic E-state index is -3.58. The summed E-state index contributed by atoms with van der Waals surface area (Å²) in [5.41, 5.74) is 1.68. The summed E-state index contributed by atoms with van der Waals surface area (Å²) < 4.78 is 34.9. The van der Waals surface area contributed by atoms with Gasteiger partial charge in [0.2, 0.25) is 10.0 Å². The summed E-state index contributed by atoms with van der Waals surface area (Å²) in [4.78, 5) is 4.63. The monoisotopic (exact) mass is 409 g/mol. The number of hydrogen-bond acceptors (Lipinski definition) is 4. The maximum atomic E-state index is 12.3. The van der Waals surface area contributed by atoms with E-state index >= 15 is 0 Å². The Morgan fingerprint density at radius 2 is 2.12 bits per heavy atom. The molecule has 2 aromatic heterocycles. The number of benzene rings is 1. The highest BCUT2D eigenvalue weighted by molar-refractivity contribution is 9.10. The van der Waals surface area contributed by atoms with Crippen LogP contribution in [-0.2, 0) is 16.4 Å². The van der Waals surface area contributed by atoms with Gasteiger partial charge in [-0.15, -0.1) is 0 Å². The Labute approximate surface area is 148 Å². The van der Waals surface area contributed by atoms with Gasteiger partial charge in [0, 0.05) is 25.4 Å². The highest BCUT2D eigenvalue weighted by Gasteiger charge is 2.15. The van der Waals surface area contributed by atoms with Crippen molar-refractivity contribution in [3.8, 4) is 5.75 Å². The van der Waals surface area contributed by atoms with E-state index in [1.54, 1.807) is 6.07 Å². The number of aromatic nitrogens is 2. The molecule has 126 valence electrons. The average Bonchev–Trinajstić information content (AvgIpc) is 2.97. The Balaban J connectivity index is 1.67. The van der Waals surface area contributed by atoms with Crippen LogP contribution in [0.15, 0.2) is 58.2 Å². The maximum absolute atomic E-state index is 12.3. The molecule has 0 bridgehead atoms. The molecule has 6 nitrogen and oxygen atoms in total. The van der Waals surface area contributed by atoms with Crippen LogP contribution in [0, 0.1) is 0 Å². The zero-order chi connectivity index (χ0) is 17.2. The SMILES string of the molecule is COc1ccc(S(=O)(=O)NCCc2cn3ccccc3n2)cc1Br. The first-order valence-corrected chi connectivity index (χ1v) is 9.53. The highest BCUT2D eigenvalue weighted by Crippen LogP contribution is 2.27. The van der Waals surface area contributed by atoms with Crippen LogP contribution >= 0.6 is 15.9 Å². The van der Waals surface area contributed by atoms with Crippen LogP contribution < -0.4 is 9.46 Å². The Morgan fingerprint density at radius 3 is 2.83 bits per heavy atom. The highest BCUT2D eigenvalue weighted by atomic mass is 79.9. The third kappa shape index (κ3) is 3.61. The zero-order valence-electron chi connectivity index (χ0n) is 12.9. The van der Waals surface area contributed by atoms with Gasteiger partial charge in [-0.25, -0.2) is 18.1 Å². The molecule has 1 aromatic carbocycles. The number of hydrogen-bond donors (Lipinski definition) is 1. The van der Waals surface area contributed by atoms with Gasteiger partial charge in [-0.2, -0.15) is 0 Å². The van der Waals surface area contributed by atoms with Gasteiger partial charge in [0.25, 0.3) is 0 Å². The van der Waals surface area contributed by atoms with Crippen molar-refractivity contribution < 1.29 is 13.2 Å². The van der Waals surface area contributed by atoms with Crippen LogP contribution in [0.4, 0.5) is 0 Å². The van der Waals surface area contributed by atoms with E-state index in [0.717, 1.165) is 11.3 Å². The molecule has 0 atom stereocenters. The van der Waals surface area contributed by atoms with Crippen LogP contribution in [0.2, 0.25) is 0 Å². The molecule has 0 fully saturated rings. The maximum Gasteiger partial charge on any atom is 0.240 e. The van der Waals surface area contributed by atoms with Crippen molar-refractivity contribution in [3.63, 3.8) is 0 Å². The number of sulfonamides is 1. The largest absolute Gasteiger partial charge is 0.496 e. The summed E-state index contributed by atoms with van der Waals surface area (Å²) in [6.45, 7) is 0.274. The summed E-state index contributed by atoms with van der Waals surface area (Å²) in [5, 5.41) is 0. The first-order chi connectivity index (χ1) is 11.5. The van der Waals surface area contributed by atoms with Gasteiger partial charge < -0.3 is 9.14 Å². The lowest BCUT2D eigenvalue weighted by Crippen LogP contribution is -2.26. The lowest BCUT2D eigenvalue weighted by Gasteiger charge is -2.08. The van der Waals surface area contributed by atoms with Crippen LogP contribution in [0.3, 0.4) is 0 Å². The summed E-state index contributed by atoms with van der Waals surface area (Å²) in [5.74, 6) is 0.582. The van der Waals surface area contributed by atoms with Gasteiger partial charge in [-0.3, -0.25) is 0 Å². The van der Waals surface area contributed by atoms with E-state index in [2.05, 4.69) is 25.6 Å². The smallest absolute Gasteiger partial charge is 0.240 e. The third-order valence-electron chi connectivity index (χ3n) is 3.52. The van der Waals surface area contributed by atoms with Crippen LogP contribution in [0.5, 0.6) is 5.75 Å². The molecule has 0 saturated carbocycles. The normalized spacial score (nSPS) is 11.8. The van der Waals surface area contributed by atoms with Gasteiger partial charge >= 0.3 is 0 Å². The van der Waals surface area contributed by atoms with E-state index in [9.17, 15) is 8.42 Å². The molecule has 1 N–H and O–H groups in total. The lowest BCUT2D eigenvalue weighted by molar-refractivity contribution is 0.411. The van der Waals surface area contributed by atoms with Gasteiger partial charge in [0.1, 0.15) is 11.4 Å². The summed E-state index contributed by atoms with van der Waals surface area (Å²) in [7, 11) is -2.05. The van der Waals surface area contributed by atoms with E-state index in [4.69, 9.17) is 4.74 Å². The van der Waals surface area contributed by atoms with Gasteiger partial charge in [-0.1, -0.05) is 6.07 Å². The Hall–Kier alpha value is -1.90. The van der Waals surface area contributed by atoms with E-state index in [1.165, 1.54) is 19.2 Å². The number of imidazole rings is 1. The lowest BCUT2D eigenvalue weighted by atomic mass is 10.3. The Kier molecular flexibility index (Phi) is 4.88. The standard InChI is InChI=1S/C16H16BrN3O3S/c1-23-15-6-5-13(10-14(15)17)24(21,22)18-8-7-12-11-20-9-3-2-4-16(20)19-12/h2-6,9-11,18H,7-8H2,1H3. The molecule has 8 heteroatoms.